The first-order chi connectivity index (χ1) is 15.9. The van der Waals surface area contributed by atoms with E-state index in [1.807, 2.05) is 7.11 Å². The van der Waals surface area contributed by atoms with Crippen LogP contribution < -0.4 is 10.6 Å². The molecule has 0 bridgehead atoms. The molecule has 0 spiro atoms. The van der Waals surface area contributed by atoms with Crippen molar-refractivity contribution < 1.29 is 4.74 Å². The maximum atomic E-state index is 5.39. The minimum atomic E-state index is 0.145. The number of hydrogen-bond donors (Lipinski definition) is 2. The summed E-state index contributed by atoms with van der Waals surface area (Å²) in [5.74, 6) is 1.75. The lowest BCUT2D eigenvalue weighted by Gasteiger charge is -2.47. The number of rotatable bonds is 11. The smallest absolute Gasteiger partial charge is 0.0589 e. The van der Waals surface area contributed by atoms with E-state index in [1.165, 1.54) is 70.9 Å². The van der Waals surface area contributed by atoms with Gasteiger partial charge in [0.1, 0.15) is 0 Å². The van der Waals surface area contributed by atoms with Gasteiger partial charge in [-0.25, -0.2) is 0 Å². The van der Waals surface area contributed by atoms with Crippen LogP contribution in [0.3, 0.4) is 0 Å². The summed E-state index contributed by atoms with van der Waals surface area (Å²) in [4.78, 5) is 5.52. The first-order valence-corrected chi connectivity index (χ1v) is 14.4. The Hall–Kier alpha value is -0.200. The van der Waals surface area contributed by atoms with Gasteiger partial charge in [-0.3, -0.25) is 9.80 Å². The van der Waals surface area contributed by atoms with Crippen LogP contribution in [-0.4, -0.2) is 85.4 Å². The number of hydrogen-bond acceptors (Lipinski definition) is 5. The molecule has 200 valence electrons. The molecular formula is C29H58N4O. The minimum Gasteiger partial charge on any atom is -0.383 e. The number of methoxy groups -OCH3 is 1. The van der Waals surface area contributed by atoms with Crippen LogP contribution in [0.15, 0.2) is 0 Å². The molecule has 3 aliphatic rings. The first kappa shape index (κ1) is 28.4. The van der Waals surface area contributed by atoms with E-state index >= 15 is 0 Å². The monoisotopic (exact) mass is 478 g/mol. The van der Waals surface area contributed by atoms with E-state index in [2.05, 4.69) is 69.0 Å². The number of likely N-dealkylation sites (N-methyl/N-ethyl adjacent to an activating group) is 1. The molecule has 3 fully saturated rings. The fourth-order valence-electron chi connectivity index (χ4n) is 6.63. The molecule has 0 heterocycles. The van der Waals surface area contributed by atoms with Crippen LogP contribution in [0.1, 0.15) is 99.3 Å². The highest BCUT2D eigenvalue weighted by atomic mass is 16.5. The van der Waals surface area contributed by atoms with Crippen molar-refractivity contribution in [2.75, 3.05) is 40.4 Å². The normalized spacial score (nSPS) is 31.4. The van der Waals surface area contributed by atoms with Crippen LogP contribution >= 0.6 is 0 Å². The van der Waals surface area contributed by atoms with Gasteiger partial charge in [-0.1, -0.05) is 12.8 Å². The highest BCUT2D eigenvalue weighted by Crippen LogP contribution is 2.36. The van der Waals surface area contributed by atoms with Crippen molar-refractivity contribution in [3.63, 3.8) is 0 Å². The molecule has 0 amide bonds. The predicted octanol–water partition coefficient (Wildman–Crippen LogP) is 4.90. The molecule has 5 atom stereocenters. The zero-order valence-electron chi connectivity index (χ0n) is 24.0. The summed E-state index contributed by atoms with van der Waals surface area (Å²) in [6, 6.07) is 2.52. The lowest BCUT2D eigenvalue weighted by Crippen LogP contribution is -2.59. The summed E-state index contributed by atoms with van der Waals surface area (Å²) in [5, 5.41) is 8.06. The molecule has 0 aromatic heterocycles. The molecule has 0 aromatic rings. The van der Waals surface area contributed by atoms with Gasteiger partial charge >= 0.3 is 0 Å². The van der Waals surface area contributed by atoms with Gasteiger partial charge in [0.25, 0.3) is 0 Å². The van der Waals surface area contributed by atoms with Crippen molar-refractivity contribution in [3.05, 3.63) is 0 Å². The van der Waals surface area contributed by atoms with Crippen LogP contribution in [0.2, 0.25) is 0 Å². The third-order valence-electron chi connectivity index (χ3n) is 8.25. The van der Waals surface area contributed by atoms with Crippen LogP contribution in [0.5, 0.6) is 0 Å². The summed E-state index contributed by atoms with van der Waals surface area (Å²) >= 11 is 0. The summed E-state index contributed by atoms with van der Waals surface area (Å²) in [5.41, 5.74) is 0.337. The highest BCUT2D eigenvalue weighted by Gasteiger charge is 2.39. The Morgan fingerprint density at radius 3 is 1.94 bits per heavy atom. The molecule has 5 heteroatoms. The molecule has 3 rings (SSSR count). The van der Waals surface area contributed by atoms with Gasteiger partial charge in [-0.2, -0.15) is 0 Å². The van der Waals surface area contributed by atoms with E-state index in [0.29, 0.717) is 24.2 Å². The van der Waals surface area contributed by atoms with Gasteiger partial charge in [0, 0.05) is 62.0 Å². The second-order valence-corrected chi connectivity index (χ2v) is 14.0. The van der Waals surface area contributed by atoms with E-state index in [4.69, 9.17) is 4.74 Å². The third kappa shape index (κ3) is 9.35. The van der Waals surface area contributed by atoms with Crippen LogP contribution in [0.25, 0.3) is 0 Å². The lowest BCUT2D eigenvalue weighted by atomic mass is 9.79. The second-order valence-electron chi connectivity index (χ2n) is 14.0. The van der Waals surface area contributed by atoms with E-state index in [0.717, 1.165) is 25.0 Å². The van der Waals surface area contributed by atoms with Gasteiger partial charge in [0.05, 0.1) is 6.61 Å². The predicted molar refractivity (Wildman–Crippen MR) is 146 cm³/mol. The zero-order chi connectivity index (χ0) is 24.9. The topological polar surface area (TPSA) is 39.8 Å². The van der Waals surface area contributed by atoms with Crippen molar-refractivity contribution in [3.8, 4) is 0 Å². The van der Waals surface area contributed by atoms with Crippen molar-refractivity contribution in [1.29, 1.82) is 0 Å². The summed E-state index contributed by atoms with van der Waals surface area (Å²) in [7, 11) is 4.11. The first-order valence-electron chi connectivity index (χ1n) is 14.4. The fourth-order valence-corrected chi connectivity index (χ4v) is 6.63. The average Bonchev–Trinajstić information content (AvgIpc) is 3.54. The summed E-state index contributed by atoms with van der Waals surface area (Å²) < 4.78 is 5.39. The molecule has 0 aromatic carbocycles. The Balaban J connectivity index is 1.69. The average molecular weight is 479 g/mol. The number of ether oxygens (including phenoxy) is 1. The van der Waals surface area contributed by atoms with Crippen molar-refractivity contribution >= 4 is 0 Å². The van der Waals surface area contributed by atoms with Gasteiger partial charge in [-0.05, 0) is 105 Å². The number of nitrogens with zero attached hydrogens (tertiary/aromatic N) is 2. The Morgan fingerprint density at radius 2 is 1.32 bits per heavy atom. The Labute approximate surface area is 212 Å². The molecular weight excluding hydrogens is 420 g/mol. The van der Waals surface area contributed by atoms with E-state index in [-0.39, 0.29) is 11.1 Å². The summed E-state index contributed by atoms with van der Waals surface area (Å²) in [6.45, 7) is 18.5. The summed E-state index contributed by atoms with van der Waals surface area (Å²) in [6.07, 6.45) is 12.4. The Morgan fingerprint density at radius 1 is 0.735 bits per heavy atom. The maximum Gasteiger partial charge on any atom is 0.0589 e. The fraction of sp³-hybridized carbons (Fsp3) is 1.00. The maximum absolute atomic E-state index is 5.39. The van der Waals surface area contributed by atoms with Gasteiger partial charge < -0.3 is 15.4 Å². The molecule has 3 saturated carbocycles. The molecule has 34 heavy (non-hydrogen) atoms. The van der Waals surface area contributed by atoms with Crippen LogP contribution in [-0.2, 0) is 4.74 Å². The molecule has 3 aliphatic carbocycles. The van der Waals surface area contributed by atoms with Crippen molar-refractivity contribution in [2.45, 2.75) is 135 Å². The van der Waals surface area contributed by atoms with Crippen LogP contribution in [0, 0.1) is 11.8 Å². The SMILES string of the molecule is COCCN(C)[C@H]1CCC(CN(CC2CC2)[C@H]2CCCC[C@@H]2NC(C)(C)C)C[C@@H]1NC(C)(C)C. The molecule has 0 aliphatic heterocycles. The van der Waals surface area contributed by atoms with E-state index < -0.39 is 0 Å². The molecule has 5 nitrogen and oxygen atoms in total. The second kappa shape index (κ2) is 12.4. The van der Waals surface area contributed by atoms with Crippen molar-refractivity contribution in [1.82, 2.24) is 20.4 Å². The third-order valence-corrected chi connectivity index (χ3v) is 8.25. The molecule has 0 radical (unpaired) electrons. The minimum absolute atomic E-state index is 0.145. The molecule has 1 unspecified atom stereocenters. The Kier molecular flexibility index (Phi) is 10.3. The van der Waals surface area contributed by atoms with Gasteiger partial charge in [0.2, 0.25) is 0 Å². The molecule has 0 saturated heterocycles. The van der Waals surface area contributed by atoms with Crippen molar-refractivity contribution in [2.24, 2.45) is 11.8 Å². The standard InChI is InChI=1S/C29H58N4O/c1-28(2,3)30-24-11-9-10-12-27(24)33(20-22-13-14-22)21-23-15-16-26(32(7)17-18-34-8)25(19-23)31-29(4,5)6/h22-27,30-31H,9-21H2,1-8H3/t23?,24-,25-,26-,27-/m0/s1. The van der Waals surface area contributed by atoms with Crippen LogP contribution in [0.4, 0.5) is 0 Å². The van der Waals surface area contributed by atoms with Gasteiger partial charge in [0.15, 0.2) is 0 Å². The van der Waals surface area contributed by atoms with E-state index in [1.54, 1.807) is 0 Å². The zero-order valence-corrected chi connectivity index (χ0v) is 24.0. The molecule has 2 N–H and O–H groups in total. The Bertz CT molecular complexity index is 594. The largest absolute Gasteiger partial charge is 0.383 e. The number of nitrogens with one attached hydrogen (secondary N) is 2. The van der Waals surface area contributed by atoms with E-state index in [9.17, 15) is 0 Å². The highest BCUT2D eigenvalue weighted by molar-refractivity contribution is 4.97. The lowest BCUT2D eigenvalue weighted by molar-refractivity contribution is 0.0490. The quantitative estimate of drug-likeness (QED) is 0.442. The van der Waals surface area contributed by atoms with Gasteiger partial charge in [-0.15, -0.1) is 0 Å².